The fourth-order valence-electron chi connectivity index (χ4n) is 3.49. The van der Waals surface area contributed by atoms with Gasteiger partial charge in [0.2, 0.25) is 0 Å². The first-order chi connectivity index (χ1) is 11.5. The number of hydrogen-bond donors (Lipinski definition) is 4. The Morgan fingerprint density at radius 3 is 2.50 bits per heavy atom. The molecule has 0 saturated carbocycles. The molecule has 0 fully saturated rings. The summed E-state index contributed by atoms with van der Waals surface area (Å²) in [6.07, 6.45) is 1.85. The summed E-state index contributed by atoms with van der Waals surface area (Å²) in [5.74, 6) is -0.133. The fraction of sp³-hybridized carbons (Fsp3) is 0.235. The van der Waals surface area contributed by atoms with Gasteiger partial charge in [0.1, 0.15) is 11.6 Å². The molecular weight excluding hydrogens is 310 g/mol. The van der Waals surface area contributed by atoms with Gasteiger partial charge < -0.3 is 10.4 Å². The minimum absolute atomic E-state index is 0.00178. The summed E-state index contributed by atoms with van der Waals surface area (Å²) in [7, 11) is 0. The van der Waals surface area contributed by atoms with Gasteiger partial charge in [0.05, 0.1) is 5.56 Å². The highest BCUT2D eigenvalue weighted by molar-refractivity contribution is 6.00. The van der Waals surface area contributed by atoms with Gasteiger partial charge in [-0.25, -0.2) is 4.79 Å². The molecule has 4 N–H and O–H groups in total. The summed E-state index contributed by atoms with van der Waals surface area (Å²) in [6.45, 7) is 0. The van der Waals surface area contributed by atoms with Crippen molar-refractivity contribution in [2.75, 3.05) is 5.32 Å². The largest absolute Gasteiger partial charge is 0.508 e. The van der Waals surface area contributed by atoms with Crippen LogP contribution < -0.4 is 16.6 Å². The van der Waals surface area contributed by atoms with Crippen molar-refractivity contribution in [3.63, 3.8) is 0 Å². The Morgan fingerprint density at radius 2 is 1.75 bits per heavy atom. The first-order valence-electron chi connectivity index (χ1n) is 7.73. The summed E-state index contributed by atoms with van der Waals surface area (Å²) in [4.78, 5) is 41.4. The standard InChI is InChI=1S/C17H15N3O4/c21-9-6-4-8(5-7-9)12-13-10(2-1-3-11(13)22)18-15-14(12)16(23)20-17(24)19-15/h4-7,12,21H,1-3H2,(H3,18,19,20,23,24)/t12-/m1/s1. The Labute approximate surface area is 136 Å². The number of carbonyl (C=O) groups excluding carboxylic acids is 1. The van der Waals surface area contributed by atoms with Gasteiger partial charge in [0.15, 0.2) is 5.78 Å². The normalized spacial score (nSPS) is 19.5. The number of anilines is 1. The van der Waals surface area contributed by atoms with Crippen LogP contribution in [0.3, 0.4) is 0 Å². The lowest BCUT2D eigenvalue weighted by Gasteiger charge is -2.32. The lowest BCUT2D eigenvalue weighted by atomic mass is 9.76. The molecule has 1 aromatic heterocycles. The predicted octanol–water partition coefficient (Wildman–Crippen LogP) is 1.33. The maximum Gasteiger partial charge on any atom is 0.327 e. The quantitative estimate of drug-likeness (QED) is 0.631. The van der Waals surface area contributed by atoms with Gasteiger partial charge in [-0.1, -0.05) is 12.1 Å². The van der Waals surface area contributed by atoms with Crippen LogP contribution in [0.2, 0.25) is 0 Å². The summed E-state index contributed by atoms with van der Waals surface area (Å²) in [5.41, 5.74) is 1.23. The zero-order chi connectivity index (χ0) is 16.8. The topological polar surface area (TPSA) is 115 Å². The Hall–Kier alpha value is -3.09. The number of fused-ring (bicyclic) bond motifs is 1. The Morgan fingerprint density at radius 1 is 1.00 bits per heavy atom. The smallest absolute Gasteiger partial charge is 0.327 e. The molecule has 24 heavy (non-hydrogen) atoms. The molecule has 4 rings (SSSR count). The third-order valence-electron chi connectivity index (χ3n) is 4.52. The van der Waals surface area contributed by atoms with Crippen molar-refractivity contribution in [2.24, 2.45) is 0 Å². The number of H-pyrrole nitrogens is 2. The molecule has 0 saturated heterocycles. The Kier molecular flexibility index (Phi) is 3.16. The maximum absolute atomic E-state index is 12.5. The van der Waals surface area contributed by atoms with Crippen LogP contribution in [0.25, 0.3) is 0 Å². The van der Waals surface area contributed by atoms with Gasteiger partial charge in [0.25, 0.3) is 5.56 Å². The number of allylic oxidation sites excluding steroid dienone is 2. The molecule has 1 aliphatic heterocycles. The van der Waals surface area contributed by atoms with E-state index in [1.807, 2.05) is 0 Å². The van der Waals surface area contributed by atoms with Gasteiger partial charge in [0, 0.05) is 23.6 Å². The number of nitrogens with one attached hydrogen (secondary N) is 3. The fourth-order valence-corrected chi connectivity index (χ4v) is 3.49. The third kappa shape index (κ3) is 2.17. The Balaban J connectivity index is 2.01. The van der Waals surface area contributed by atoms with E-state index in [4.69, 9.17) is 0 Å². The summed E-state index contributed by atoms with van der Waals surface area (Å²) < 4.78 is 0. The van der Waals surface area contributed by atoms with E-state index < -0.39 is 17.2 Å². The molecule has 7 heteroatoms. The van der Waals surface area contributed by atoms with Crippen molar-refractivity contribution in [1.82, 2.24) is 9.97 Å². The van der Waals surface area contributed by atoms with E-state index >= 15 is 0 Å². The number of rotatable bonds is 1. The van der Waals surface area contributed by atoms with E-state index in [9.17, 15) is 19.5 Å². The number of Topliss-reactive ketones (excluding diaryl/α,β-unsaturated/α-hetero) is 1. The lowest BCUT2D eigenvalue weighted by Crippen LogP contribution is -2.36. The van der Waals surface area contributed by atoms with Gasteiger partial charge in [-0.05, 0) is 30.5 Å². The second kappa shape index (κ2) is 5.23. The molecule has 0 radical (unpaired) electrons. The molecule has 0 bridgehead atoms. The zero-order valence-corrected chi connectivity index (χ0v) is 12.7. The van der Waals surface area contributed by atoms with Crippen molar-refractivity contribution >= 4 is 11.6 Å². The number of benzene rings is 1. The van der Waals surface area contributed by atoms with E-state index in [0.717, 1.165) is 17.7 Å². The van der Waals surface area contributed by atoms with Crippen LogP contribution in [0.1, 0.15) is 36.3 Å². The Bertz CT molecular complexity index is 982. The number of carbonyl (C=O) groups is 1. The van der Waals surface area contributed by atoms with Crippen LogP contribution in [-0.2, 0) is 4.79 Å². The van der Waals surface area contributed by atoms with Crippen molar-refractivity contribution in [2.45, 2.75) is 25.2 Å². The average Bonchev–Trinajstić information content (AvgIpc) is 2.54. The van der Waals surface area contributed by atoms with Crippen LogP contribution in [0, 0.1) is 0 Å². The predicted molar refractivity (Wildman–Crippen MR) is 87.1 cm³/mol. The van der Waals surface area contributed by atoms with Gasteiger partial charge in [-0.15, -0.1) is 0 Å². The number of ketones is 1. The lowest BCUT2D eigenvalue weighted by molar-refractivity contribution is -0.116. The number of hydrogen-bond acceptors (Lipinski definition) is 5. The number of phenolic OH excluding ortho intramolecular Hbond substituents is 1. The maximum atomic E-state index is 12.5. The van der Waals surface area contributed by atoms with Crippen LogP contribution >= 0.6 is 0 Å². The van der Waals surface area contributed by atoms with Crippen molar-refractivity contribution in [3.8, 4) is 5.75 Å². The van der Waals surface area contributed by atoms with Crippen LogP contribution in [-0.4, -0.2) is 20.9 Å². The van der Waals surface area contributed by atoms with E-state index in [1.54, 1.807) is 12.1 Å². The molecule has 1 atom stereocenters. The molecule has 122 valence electrons. The average molecular weight is 325 g/mol. The zero-order valence-electron chi connectivity index (χ0n) is 12.7. The van der Waals surface area contributed by atoms with Crippen LogP contribution in [0.15, 0.2) is 45.1 Å². The summed E-state index contributed by atoms with van der Waals surface area (Å²) in [6, 6.07) is 6.41. The SMILES string of the molecule is O=C1CCCC2=C1[C@@H](c1ccc(O)cc1)c1c([nH]c(=O)[nH]c1=O)N2. The first kappa shape index (κ1) is 14.5. The number of aromatic amines is 2. The number of aromatic nitrogens is 2. The highest BCUT2D eigenvalue weighted by atomic mass is 16.3. The molecule has 7 nitrogen and oxygen atoms in total. The molecule has 2 aliphatic rings. The molecule has 1 aliphatic carbocycles. The summed E-state index contributed by atoms with van der Waals surface area (Å²) in [5, 5.41) is 12.6. The highest BCUT2D eigenvalue weighted by Crippen LogP contribution is 2.42. The molecule has 1 aromatic carbocycles. The second-order valence-electron chi connectivity index (χ2n) is 6.02. The van der Waals surface area contributed by atoms with Crippen molar-refractivity contribution in [1.29, 1.82) is 0 Å². The molecule has 0 spiro atoms. The van der Waals surface area contributed by atoms with Gasteiger partial charge in [-0.3, -0.25) is 19.6 Å². The molecular formula is C17H15N3O4. The van der Waals surface area contributed by atoms with Crippen molar-refractivity contribution < 1.29 is 9.90 Å². The van der Waals surface area contributed by atoms with E-state index in [2.05, 4.69) is 15.3 Å². The van der Waals surface area contributed by atoms with Gasteiger partial charge in [-0.2, -0.15) is 0 Å². The minimum Gasteiger partial charge on any atom is -0.508 e. The van der Waals surface area contributed by atoms with E-state index in [-0.39, 0.29) is 11.5 Å². The summed E-state index contributed by atoms with van der Waals surface area (Å²) >= 11 is 0. The first-order valence-corrected chi connectivity index (χ1v) is 7.73. The van der Waals surface area contributed by atoms with Crippen LogP contribution in [0.4, 0.5) is 5.82 Å². The second-order valence-corrected chi connectivity index (χ2v) is 6.02. The van der Waals surface area contributed by atoms with Gasteiger partial charge >= 0.3 is 5.69 Å². The minimum atomic E-state index is -0.595. The van der Waals surface area contributed by atoms with Crippen molar-refractivity contribution in [3.05, 3.63) is 67.5 Å². The molecule has 0 unspecified atom stereocenters. The highest BCUT2D eigenvalue weighted by Gasteiger charge is 2.37. The molecule has 2 aromatic rings. The molecule has 0 amide bonds. The van der Waals surface area contributed by atoms with Crippen LogP contribution in [0.5, 0.6) is 5.75 Å². The molecule has 2 heterocycles. The number of phenols is 1. The monoisotopic (exact) mass is 325 g/mol. The third-order valence-corrected chi connectivity index (χ3v) is 4.52. The van der Waals surface area contributed by atoms with E-state index in [0.29, 0.717) is 29.8 Å². The number of aromatic hydroxyl groups is 1. The van der Waals surface area contributed by atoms with E-state index in [1.165, 1.54) is 12.1 Å².